The molecule has 1 aliphatic heterocycles. The van der Waals surface area contributed by atoms with E-state index in [-0.39, 0.29) is 20.5 Å². The Morgan fingerprint density at radius 1 is 0.824 bits per heavy atom. The molecular formula is C16H13Te. The van der Waals surface area contributed by atoms with Crippen LogP contribution in [0, 0.1) is 3.20 Å². The standard InChI is InChI=1S/C16H13Te/c1-12-11-16(13-7-3-2-4-8-13)17-15-10-6-5-9-14(12)15/h2-11H,1H3. The van der Waals surface area contributed by atoms with E-state index in [0.29, 0.717) is 0 Å². The predicted octanol–water partition coefficient (Wildman–Crippen LogP) is 2.87. The molecular weight excluding hydrogens is 320 g/mol. The molecule has 0 nitrogen and oxygen atoms in total. The van der Waals surface area contributed by atoms with Crippen LogP contribution in [0.3, 0.4) is 0 Å². The van der Waals surface area contributed by atoms with Crippen molar-refractivity contribution in [2.45, 2.75) is 6.92 Å². The van der Waals surface area contributed by atoms with Crippen molar-refractivity contribution < 1.29 is 0 Å². The predicted molar refractivity (Wildman–Crippen MR) is 74.2 cm³/mol. The van der Waals surface area contributed by atoms with Gasteiger partial charge in [-0.2, -0.15) is 0 Å². The van der Waals surface area contributed by atoms with Gasteiger partial charge in [-0.1, -0.05) is 0 Å². The topological polar surface area (TPSA) is 0 Å². The van der Waals surface area contributed by atoms with E-state index in [0.717, 1.165) is 0 Å². The molecule has 0 unspecified atom stereocenters. The molecule has 0 bridgehead atoms. The summed E-state index contributed by atoms with van der Waals surface area (Å²) in [6.45, 7) is 2.22. The van der Waals surface area contributed by atoms with E-state index in [1.54, 1.807) is 6.82 Å². The number of hydrogen-bond acceptors (Lipinski definition) is 0. The average molecular weight is 333 g/mol. The molecule has 0 spiro atoms. The third kappa shape index (κ3) is 2.14. The van der Waals surface area contributed by atoms with Crippen molar-refractivity contribution in [3.05, 3.63) is 74.7 Å². The fourth-order valence-corrected chi connectivity index (χ4v) is 5.51. The molecule has 0 atom stereocenters. The van der Waals surface area contributed by atoms with Crippen LogP contribution < -0.4 is 5.22 Å². The van der Waals surface area contributed by atoms with Crippen molar-refractivity contribution in [2.24, 2.45) is 0 Å². The molecule has 0 saturated heterocycles. The van der Waals surface area contributed by atoms with Crippen molar-refractivity contribution in [2.75, 3.05) is 0 Å². The van der Waals surface area contributed by atoms with E-state index in [1.807, 2.05) is 0 Å². The molecule has 0 N–H and O–H groups in total. The zero-order chi connectivity index (χ0) is 11.7. The van der Waals surface area contributed by atoms with Gasteiger partial charge in [0, 0.05) is 0 Å². The van der Waals surface area contributed by atoms with Gasteiger partial charge in [0.05, 0.1) is 0 Å². The molecule has 0 saturated carbocycles. The molecule has 1 heterocycles. The molecule has 0 aromatic heterocycles. The number of benzene rings is 2. The van der Waals surface area contributed by atoms with Crippen LogP contribution in [0.5, 0.6) is 0 Å². The van der Waals surface area contributed by atoms with Gasteiger partial charge in [-0.3, -0.25) is 0 Å². The van der Waals surface area contributed by atoms with Crippen LogP contribution in [-0.2, 0) is 0 Å². The van der Waals surface area contributed by atoms with Crippen LogP contribution in [0.4, 0.5) is 0 Å². The Hall–Kier alpha value is -1.16. The zero-order valence-electron chi connectivity index (χ0n) is 9.68. The molecule has 17 heavy (non-hydrogen) atoms. The summed E-state index contributed by atoms with van der Waals surface area (Å²) < 4.78 is 3.11. The number of allylic oxidation sites excluding steroid dienone is 1. The van der Waals surface area contributed by atoms with Crippen LogP contribution in [0.15, 0.2) is 60.7 Å². The van der Waals surface area contributed by atoms with Gasteiger partial charge < -0.3 is 0 Å². The molecule has 2 aromatic rings. The zero-order valence-corrected chi connectivity index (χ0v) is 12.0. The van der Waals surface area contributed by atoms with Crippen LogP contribution >= 0.6 is 0 Å². The average Bonchev–Trinajstić information content (AvgIpc) is 2.40. The number of fused-ring (bicyclic) bond motifs is 1. The first-order chi connectivity index (χ1) is 8.34. The maximum atomic E-state index is 2.37. The second kappa shape index (κ2) is 4.61. The third-order valence-corrected chi connectivity index (χ3v) is 6.22. The fourth-order valence-electron chi connectivity index (χ4n) is 2.05. The van der Waals surface area contributed by atoms with Crippen LogP contribution in [-0.4, -0.2) is 20.5 Å². The van der Waals surface area contributed by atoms with Gasteiger partial charge in [0.15, 0.2) is 0 Å². The van der Waals surface area contributed by atoms with Crippen molar-refractivity contribution in [3.8, 4) is 0 Å². The summed E-state index contributed by atoms with van der Waals surface area (Å²) >= 11 is -0.232. The Balaban J connectivity index is 2.23. The van der Waals surface area contributed by atoms with E-state index in [1.165, 1.54) is 16.4 Å². The summed E-state index contributed by atoms with van der Waals surface area (Å²) in [5, 5.41) is 1.45. The van der Waals surface area contributed by atoms with Crippen molar-refractivity contribution in [1.29, 1.82) is 0 Å². The molecule has 1 radical (unpaired) electrons. The van der Waals surface area contributed by atoms with Crippen LogP contribution in [0.1, 0.15) is 12.5 Å². The first-order valence-electron chi connectivity index (χ1n) is 5.72. The summed E-state index contributed by atoms with van der Waals surface area (Å²) in [5.74, 6) is 0. The third-order valence-electron chi connectivity index (χ3n) is 2.94. The SMILES string of the molecule is CC1=c2ccccc2=[Te]C(c2ccccc2)=C1. The monoisotopic (exact) mass is 335 g/mol. The molecule has 2 aromatic carbocycles. The van der Waals surface area contributed by atoms with Gasteiger partial charge in [-0.15, -0.1) is 0 Å². The molecule has 3 rings (SSSR count). The molecule has 83 valence electrons. The van der Waals surface area contributed by atoms with Crippen molar-refractivity contribution in [1.82, 2.24) is 0 Å². The van der Waals surface area contributed by atoms with E-state index in [2.05, 4.69) is 67.6 Å². The Labute approximate surface area is 111 Å². The second-order valence-corrected chi connectivity index (χ2v) is 7.25. The van der Waals surface area contributed by atoms with Gasteiger partial charge >= 0.3 is 111 Å². The fraction of sp³-hybridized carbons (Fsp3) is 0.0625. The first kappa shape index (κ1) is 11.0. The maximum absolute atomic E-state index is 2.37. The second-order valence-electron chi connectivity index (χ2n) is 4.16. The number of hydrogen-bond donors (Lipinski definition) is 0. The van der Waals surface area contributed by atoms with E-state index < -0.39 is 0 Å². The molecule has 1 heteroatoms. The summed E-state index contributed by atoms with van der Waals surface area (Å²) in [5.41, 5.74) is 2.79. The first-order valence-corrected chi connectivity index (χ1v) is 8.05. The van der Waals surface area contributed by atoms with Crippen LogP contribution in [0.25, 0.3) is 9.19 Å². The summed E-state index contributed by atoms with van der Waals surface area (Å²) in [6.07, 6.45) is 2.37. The molecule has 0 aliphatic carbocycles. The van der Waals surface area contributed by atoms with E-state index in [4.69, 9.17) is 0 Å². The van der Waals surface area contributed by atoms with Crippen LogP contribution in [0.2, 0.25) is 0 Å². The van der Waals surface area contributed by atoms with Gasteiger partial charge in [-0.05, 0) is 0 Å². The van der Waals surface area contributed by atoms with Crippen molar-refractivity contribution >= 4 is 29.6 Å². The minimum absolute atomic E-state index is 0.232. The van der Waals surface area contributed by atoms with E-state index >= 15 is 0 Å². The van der Waals surface area contributed by atoms with E-state index in [9.17, 15) is 0 Å². The van der Waals surface area contributed by atoms with Gasteiger partial charge in [-0.25, -0.2) is 0 Å². The Morgan fingerprint density at radius 3 is 2.35 bits per heavy atom. The summed E-state index contributed by atoms with van der Waals surface area (Å²) in [4.78, 5) is 0. The Kier molecular flexibility index (Phi) is 2.97. The van der Waals surface area contributed by atoms with Gasteiger partial charge in [0.1, 0.15) is 0 Å². The van der Waals surface area contributed by atoms with Crippen molar-refractivity contribution in [3.63, 3.8) is 0 Å². The van der Waals surface area contributed by atoms with Gasteiger partial charge in [0.25, 0.3) is 0 Å². The molecule has 1 aliphatic rings. The Morgan fingerprint density at radius 2 is 1.53 bits per heavy atom. The summed E-state index contributed by atoms with van der Waals surface area (Å²) in [6, 6.07) is 19.6. The number of rotatable bonds is 1. The van der Waals surface area contributed by atoms with Gasteiger partial charge in [0.2, 0.25) is 0 Å². The molecule has 0 fully saturated rings. The molecule has 0 amide bonds. The summed E-state index contributed by atoms with van der Waals surface area (Å²) in [7, 11) is 0. The minimum atomic E-state index is -0.232. The quantitative estimate of drug-likeness (QED) is 0.704. The normalized spacial score (nSPS) is 13.7. The Bertz CT molecular complexity index is 694.